The van der Waals surface area contributed by atoms with Crippen LogP contribution in [0.25, 0.3) is 0 Å². The first-order valence-electron chi connectivity index (χ1n) is 10.1. The zero-order valence-corrected chi connectivity index (χ0v) is 18.2. The van der Waals surface area contributed by atoms with E-state index in [1.807, 2.05) is 12.1 Å². The molecule has 2 atom stereocenters. The first kappa shape index (κ1) is 22.3. The second-order valence-electron chi connectivity index (χ2n) is 7.38. The number of pyridine rings is 1. The van der Waals surface area contributed by atoms with E-state index in [2.05, 4.69) is 20.5 Å². The van der Waals surface area contributed by atoms with Gasteiger partial charge in [0.2, 0.25) is 0 Å². The molecule has 1 fully saturated rings. The molecular formula is C22H29ClN4O3. The summed E-state index contributed by atoms with van der Waals surface area (Å²) in [6, 6.07) is 10.7. The van der Waals surface area contributed by atoms with Crippen LogP contribution in [-0.2, 0) is 4.74 Å². The summed E-state index contributed by atoms with van der Waals surface area (Å²) in [7, 11) is 3.35. The van der Waals surface area contributed by atoms with E-state index < -0.39 is 0 Å². The molecule has 162 valence electrons. The Hall–Kier alpha value is -2.35. The molecule has 1 aliphatic heterocycles. The Kier molecular flexibility index (Phi) is 8.30. The number of ether oxygens (including phenoxy) is 2. The molecule has 7 nitrogen and oxygen atoms in total. The number of piperidine rings is 1. The van der Waals surface area contributed by atoms with Gasteiger partial charge in [-0.2, -0.15) is 0 Å². The van der Waals surface area contributed by atoms with Crippen molar-refractivity contribution in [3.8, 4) is 5.75 Å². The Labute approximate surface area is 182 Å². The van der Waals surface area contributed by atoms with Crippen LogP contribution < -0.4 is 15.4 Å². The Bertz CT molecular complexity index is 801. The van der Waals surface area contributed by atoms with Crippen molar-refractivity contribution in [1.29, 1.82) is 0 Å². The van der Waals surface area contributed by atoms with Crippen LogP contribution in [0, 0.1) is 0 Å². The molecule has 0 spiro atoms. The first-order chi connectivity index (χ1) is 14.6. The van der Waals surface area contributed by atoms with Gasteiger partial charge in [0.15, 0.2) is 0 Å². The van der Waals surface area contributed by atoms with E-state index in [1.165, 1.54) is 0 Å². The number of amides is 2. The maximum atomic E-state index is 12.6. The Balaban J connectivity index is 1.68. The number of hydrogen-bond acceptors (Lipinski definition) is 5. The number of nitrogens with zero attached hydrogens (tertiary/aromatic N) is 2. The molecular weight excluding hydrogens is 404 g/mol. The van der Waals surface area contributed by atoms with E-state index in [0.29, 0.717) is 10.7 Å². The third-order valence-corrected chi connectivity index (χ3v) is 5.57. The molecule has 2 amide bonds. The number of likely N-dealkylation sites (tertiary alicyclic amines) is 1. The van der Waals surface area contributed by atoms with Crippen LogP contribution in [0.15, 0.2) is 42.6 Å². The Morgan fingerprint density at radius 3 is 2.70 bits per heavy atom. The molecule has 2 N–H and O–H groups in total. The van der Waals surface area contributed by atoms with E-state index in [-0.39, 0.29) is 18.0 Å². The molecule has 2 aromatic rings. The average Bonchev–Trinajstić information content (AvgIpc) is 2.76. The summed E-state index contributed by atoms with van der Waals surface area (Å²) in [5.74, 6) is 0.805. The number of halogens is 1. The highest BCUT2D eigenvalue weighted by Gasteiger charge is 2.32. The number of carbonyl (C=O) groups is 1. The lowest BCUT2D eigenvalue weighted by Crippen LogP contribution is -2.51. The van der Waals surface area contributed by atoms with Crippen LogP contribution in [0.3, 0.4) is 0 Å². The number of hydrogen-bond donors (Lipinski definition) is 2. The summed E-state index contributed by atoms with van der Waals surface area (Å²) in [6.45, 7) is 3.45. The summed E-state index contributed by atoms with van der Waals surface area (Å²) in [5, 5.41) is 6.65. The highest BCUT2D eigenvalue weighted by atomic mass is 35.5. The second kappa shape index (κ2) is 11.2. The van der Waals surface area contributed by atoms with E-state index >= 15 is 0 Å². The summed E-state index contributed by atoms with van der Waals surface area (Å²) in [5.41, 5.74) is 1.65. The topological polar surface area (TPSA) is 75.7 Å². The molecule has 1 saturated heterocycles. The normalized spacial score (nSPS) is 19.3. The molecule has 0 saturated carbocycles. The summed E-state index contributed by atoms with van der Waals surface area (Å²) in [6.07, 6.45) is 3.55. The van der Waals surface area contributed by atoms with Crippen LogP contribution in [0.5, 0.6) is 5.75 Å². The lowest BCUT2D eigenvalue weighted by atomic mass is 9.88. The minimum Gasteiger partial charge on any atom is -0.495 e. The SMILES string of the molecule is COCCCN1CCC(NC(=O)Nc2ccc(Cl)cc2)C(c2ccc(OC)cn2)C1. The second-order valence-corrected chi connectivity index (χ2v) is 7.81. The van der Waals surface area contributed by atoms with Crippen LogP contribution in [0.4, 0.5) is 10.5 Å². The number of methoxy groups -OCH3 is 2. The molecule has 2 heterocycles. The van der Waals surface area contributed by atoms with Gasteiger partial charge in [0.1, 0.15) is 5.75 Å². The van der Waals surface area contributed by atoms with Crippen LogP contribution in [0.2, 0.25) is 5.02 Å². The molecule has 1 aromatic carbocycles. The monoisotopic (exact) mass is 432 g/mol. The maximum Gasteiger partial charge on any atom is 0.319 e. The van der Waals surface area contributed by atoms with Gasteiger partial charge in [0.25, 0.3) is 0 Å². The van der Waals surface area contributed by atoms with Crippen LogP contribution >= 0.6 is 11.6 Å². The van der Waals surface area contributed by atoms with E-state index in [4.69, 9.17) is 21.1 Å². The zero-order valence-electron chi connectivity index (χ0n) is 17.4. The quantitative estimate of drug-likeness (QED) is 0.621. The van der Waals surface area contributed by atoms with Crippen molar-refractivity contribution in [2.24, 2.45) is 0 Å². The molecule has 2 unspecified atom stereocenters. The van der Waals surface area contributed by atoms with Gasteiger partial charge in [-0.05, 0) is 49.2 Å². The van der Waals surface area contributed by atoms with Crippen molar-refractivity contribution in [1.82, 2.24) is 15.2 Å². The first-order valence-corrected chi connectivity index (χ1v) is 10.5. The van der Waals surface area contributed by atoms with Gasteiger partial charge < -0.3 is 25.0 Å². The van der Waals surface area contributed by atoms with Crippen molar-refractivity contribution in [2.75, 3.05) is 45.8 Å². The van der Waals surface area contributed by atoms with Crippen molar-refractivity contribution in [3.63, 3.8) is 0 Å². The smallest absolute Gasteiger partial charge is 0.319 e. The van der Waals surface area contributed by atoms with E-state index in [1.54, 1.807) is 44.7 Å². The molecule has 1 aliphatic rings. The lowest BCUT2D eigenvalue weighted by molar-refractivity contribution is 0.142. The zero-order chi connectivity index (χ0) is 21.3. The molecule has 0 radical (unpaired) electrons. The van der Waals surface area contributed by atoms with E-state index in [0.717, 1.165) is 50.5 Å². The fourth-order valence-corrected chi connectivity index (χ4v) is 3.85. The maximum absolute atomic E-state index is 12.6. The van der Waals surface area contributed by atoms with Crippen LogP contribution in [0.1, 0.15) is 24.5 Å². The van der Waals surface area contributed by atoms with Gasteiger partial charge in [0.05, 0.1) is 13.3 Å². The average molecular weight is 433 g/mol. The van der Waals surface area contributed by atoms with Crippen LogP contribution in [-0.4, -0.2) is 62.4 Å². The number of carbonyl (C=O) groups excluding carboxylic acids is 1. The molecule has 0 bridgehead atoms. The molecule has 8 heteroatoms. The summed E-state index contributed by atoms with van der Waals surface area (Å²) in [4.78, 5) is 19.6. The fraction of sp³-hybridized carbons (Fsp3) is 0.455. The van der Waals surface area contributed by atoms with Gasteiger partial charge in [0, 0.05) is 61.7 Å². The minimum absolute atomic E-state index is 0.0168. The van der Waals surface area contributed by atoms with Crippen molar-refractivity contribution >= 4 is 23.3 Å². The predicted octanol–water partition coefficient (Wildman–Crippen LogP) is 3.76. The highest BCUT2D eigenvalue weighted by molar-refractivity contribution is 6.30. The van der Waals surface area contributed by atoms with Gasteiger partial charge in [-0.1, -0.05) is 11.6 Å². The van der Waals surface area contributed by atoms with Gasteiger partial charge in [-0.3, -0.25) is 4.98 Å². The third-order valence-electron chi connectivity index (χ3n) is 5.31. The van der Waals surface area contributed by atoms with Gasteiger partial charge >= 0.3 is 6.03 Å². The fourth-order valence-electron chi connectivity index (χ4n) is 3.73. The molecule has 0 aliphatic carbocycles. The van der Waals surface area contributed by atoms with Gasteiger partial charge in [-0.25, -0.2) is 4.79 Å². The number of rotatable bonds is 8. The van der Waals surface area contributed by atoms with E-state index in [9.17, 15) is 4.79 Å². The number of benzene rings is 1. The number of anilines is 1. The lowest BCUT2D eigenvalue weighted by Gasteiger charge is -2.38. The van der Waals surface area contributed by atoms with Crippen molar-refractivity contribution < 1.29 is 14.3 Å². The molecule has 3 rings (SSSR count). The van der Waals surface area contributed by atoms with Crippen molar-refractivity contribution in [2.45, 2.75) is 24.8 Å². The summed E-state index contributed by atoms with van der Waals surface area (Å²) >= 11 is 5.91. The largest absolute Gasteiger partial charge is 0.495 e. The number of nitrogens with one attached hydrogen (secondary N) is 2. The highest BCUT2D eigenvalue weighted by Crippen LogP contribution is 2.27. The summed E-state index contributed by atoms with van der Waals surface area (Å²) < 4.78 is 10.4. The molecule has 30 heavy (non-hydrogen) atoms. The number of aromatic nitrogens is 1. The third kappa shape index (κ3) is 6.32. The standard InChI is InChI=1S/C22H29ClN4O3/c1-29-13-3-11-27-12-10-21(19(15-27)20-9-8-18(30-2)14-24-20)26-22(28)25-17-6-4-16(23)5-7-17/h4-9,14,19,21H,3,10-13,15H2,1-2H3,(H2,25,26,28). The van der Waals surface area contributed by atoms with Gasteiger partial charge in [-0.15, -0.1) is 0 Å². The van der Waals surface area contributed by atoms with Crippen molar-refractivity contribution in [3.05, 3.63) is 53.3 Å². The molecule has 1 aromatic heterocycles. The number of urea groups is 1. The predicted molar refractivity (Wildman–Crippen MR) is 118 cm³/mol. The minimum atomic E-state index is -0.228. The Morgan fingerprint density at radius 2 is 2.03 bits per heavy atom. The Morgan fingerprint density at radius 1 is 1.23 bits per heavy atom.